The highest BCUT2D eigenvalue weighted by molar-refractivity contribution is 7.89. The lowest BCUT2D eigenvalue weighted by atomic mass is 10.2. The third-order valence-electron chi connectivity index (χ3n) is 2.35. The molecular formula is C11H17NO3S. The van der Waals surface area contributed by atoms with Crippen LogP contribution in [-0.2, 0) is 16.6 Å². The van der Waals surface area contributed by atoms with E-state index in [0.29, 0.717) is 0 Å². The summed E-state index contributed by atoms with van der Waals surface area (Å²) >= 11 is 0. The molecule has 1 rings (SSSR count). The molecule has 0 aliphatic rings. The first kappa shape index (κ1) is 13.0. The summed E-state index contributed by atoms with van der Waals surface area (Å²) in [5.74, 6) is 0.146. The van der Waals surface area contributed by atoms with Crippen LogP contribution in [0.3, 0.4) is 0 Å². The fraction of sp³-hybridized carbons (Fsp3) is 0.455. The van der Waals surface area contributed by atoms with Gasteiger partial charge in [-0.1, -0.05) is 12.1 Å². The van der Waals surface area contributed by atoms with Crippen LogP contribution in [0.1, 0.15) is 19.4 Å². The number of phenolic OH excluding ortho intramolecular Hbond substituents is 1. The Balaban J connectivity index is 2.83. The van der Waals surface area contributed by atoms with Gasteiger partial charge in [0.25, 0.3) is 0 Å². The summed E-state index contributed by atoms with van der Waals surface area (Å²) in [6.07, 6.45) is 0. The Labute approximate surface area is 96.6 Å². The minimum absolute atomic E-state index is 0.146. The number of phenols is 1. The van der Waals surface area contributed by atoms with Crippen molar-refractivity contribution >= 4 is 10.0 Å². The van der Waals surface area contributed by atoms with Gasteiger partial charge >= 0.3 is 0 Å². The van der Waals surface area contributed by atoms with Gasteiger partial charge in [-0.15, -0.1) is 0 Å². The van der Waals surface area contributed by atoms with E-state index in [9.17, 15) is 13.5 Å². The largest absolute Gasteiger partial charge is 0.508 e. The molecule has 0 saturated carbocycles. The SMILES string of the molecule is CC(C)S(=O)(=O)N(C)Cc1cccc(O)c1. The quantitative estimate of drug-likeness (QED) is 0.873. The van der Waals surface area contributed by atoms with Crippen molar-refractivity contribution in [2.75, 3.05) is 7.05 Å². The number of sulfonamides is 1. The van der Waals surface area contributed by atoms with Crippen LogP contribution in [0.15, 0.2) is 24.3 Å². The highest BCUT2D eigenvalue weighted by Gasteiger charge is 2.21. The van der Waals surface area contributed by atoms with E-state index in [1.165, 1.54) is 4.31 Å². The van der Waals surface area contributed by atoms with Crippen molar-refractivity contribution in [1.29, 1.82) is 0 Å². The Morgan fingerprint density at radius 2 is 2.00 bits per heavy atom. The molecule has 16 heavy (non-hydrogen) atoms. The molecule has 0 aliphatic carbocycles. The van der Waals surface area contributed by atoms with Crippen molar-refractivity contribution in [3.8, 4) is 5.75 Å². The minimum Gasteiger partial charge on any atom is -0.508 e. The van der Waals surface area contributed by atoms with Gasteiger partial charge < -0.3 is 5.11 Å². The predicted molar refractivity (Wildman–Crippen MR) is 63.6 cm³/mol. The van der Waals surface area contributed by atoms with Gasteiger partial charge in [-0.25, -0.2) is 12.7 Å². The van der Waals surface area contributed by atoms with Crippen LogP contribution in [0.5, 0.6) is 5.75 Å². The summed E-state index contributed by atoms with van der Waals surface area (Å²) in [4.78, 5) is 0. The van der Waals surface area contributed by atoms with Gasteiger partial charge in [0.05, 0.1) is 5.25 Å². The maximum Gasteiger partial charge on any atom is 0.216 e. The zero-order valence-corrected chi connectivity index (χ0v) is 10.5. The number of nitrogens with zero attached hydrogens (tertiary/aromatic N) is 1. The first-order chi connectivity index (χ1) is 7.34. The molecule has 0 aromatic heterocycles. The lowest BCUT2D eigenvalue weighted by Crippen LogP contribution is -2.32. The van der Waals surface area contributed by atoms with Gasteiger partial charge in [0.2, 0.25) is 10.0 Å². The third-order valence-corrected chi connectivity index (χ3v) is 4.54. The lowest BCUT2D eigenvalue weighted by Gasteiger charge is -2.19. The molecule has 0 fully saturated rings. The molecule has 0 bridgehead atoms. The zero-order valence-electron chi connectivity index (χ0n) is 9.71. The Kier molecular flexibility index (Phi) is 3.93. The number of hydrogen-bond donors (Lipinski definition) is 1. The average molecular weight is 243 g/mol. The summed E-state index contributed by atoms with van der Waals surface area (Å²) in [6.45, 7) is 3.57. The molecule has 0 saturated heterocycles. The molecule has 90 valence electrons. The minimum atomic E-state index is -3.24. The summed E-state index contributed by atoms with van der Waals surface area (Å²) < 4.78 is 24.9. The first-order valence-corrected chi connectivity index (χ1v) is 6.57. The van der Waals surface area contributed by atoms with Gasteiger partial charge in [0.15, 0.2) is 0 Å². The molecular weight excluding hydrogens is 226 g/mol. The predicted octanol–water partition coefficient (Wildman–Crippen LogP) is 1.56. The molecule has 0 aliphatic heterocycles. The van der Waals surface area contributed by atoms with E-state index in [-0.39, 0.29) is 12.3 Å². The Morgan fingerprint density at radius 1 is 1.38 bits per heavy atom. The lowest BCUT2D eigenvalue weighted by molar-refractivity contribution is 0.453. The molecule has 0 spiro atoms. The Bertz CT molecular complexity index is 454. The fourth-order valence-corrected chi connectivity index (χ4v) is 2.41. The van der Waals surface area contributed by atoms with Gasteiger partial charge in [-0.2, -0.15) is 0 Å². The zero-order chi connectivity index (χ0) is 12.3. The first-order valence-electron chi connectivity index (χ1n) is 5.07. The van der Waals surface area contributed by atoms with E-state index in [1.54, 1.807) is 45.2 Å². The van der Waals surface area contributed by atoms with Crippen molar-refractivity contribution in [2.24, 2.45) is 0 Å². The van der Waals surface area contributed by atoms with E-state index in [2.05, 4.69) is 0 Å². The summed E-state index contributed by atoms with van der Waals surface area (Å²) in [7, 11) is -1.70. The molecule has 1 aromatic rings. The molecule has 0 heterocycles. The van der Waals surface area contributed by atoms with Gasteiger partial charge in [-0.3, -0.25) is 0 Å². The maximum absolute atomic E-state index is 11.8. The van der Waals surface area contributed by atoms with Crippen LogP contribution in [0.2, 0.25) is 0 Å². The van der Waals surface area contributed by atoms with Crippen LogP contribution < -0.4 is 0 Å². The highest BCUT2D eigenvalue weighted by Crippen LogP contribution is 2.15. The summed E-state index contributed by atoms with van der Waals surface area (Å²) in [6, 6.07) is 6.60. The highest BCUT2D eigenvalue weighted by atomic mass is 32.2. The molecule has 0 radical (unpaired) electrons. The summed E-state index contributed by atoms with van der Waals surface area (Å²) in [5.41, 5.74) is 0.770. The third kappa shape index (κ3) is 2.96. The van der Waals surface area contributed by atoms with E-state index < -0.39 is 15.3 Å². The van der Waals surface area contributed by atoms with Crippen LogP contribution in [0.25, 0.3) is 0 Å². The number of benzene rings is 1. The molecule has 0 atom stereocenters. The number of aromatic hydroxyl groups is 1. The number of rotatable bonds is 4. The molecule has 1 N–H and O–H groups in total. The molecule has 0 unspecified atom stereocenters. The van der Waals surface area contributed by atoms with E-state index in [1.807, 2.05) is 0 Å². The summed E-state index contributed by atoms with van der Waals surface area (Å²) in [5, 5.41) is 8.83. The van der Waals surface area contributed by atoms with Crippen LogP contribution in [0.4, 0.5) is 0 Å². The second-order valence-electron chi connectivity index (χ2n) is 4.02. The van der Waals surface area contributed by atoms with E-state index in [0.717, 1.165) is 5.56 Å². The molecule has 4 nitrogen and oxygen atoms in total. The van der Waals surface area contributed by atoms with Crippen molar-refractivity contribution in [1.82, 2.24) is 4.31 Å². The second-order valence-corrected chi connectivity index (χ2v) is 6.62. The van der Waals surface area contributed by atoms with Crippen LogP contribution in [-0.4, -0.2) is 30.1 Å². The second kappa shape index (κ2) is 4.84. The monoisotopic (exact) mass is 243 g/mol. The van der Waals surface area contributed by atoms with Gasteiger partial charge in [-0.05, 0) is 31.5 Å². The number of hydrogen-bond acceptors (Lipinski definition) is 3. The molecule has 1 aromatic carbocycles. The fourth-order valence-electron chi connectivity index (χ4n) is 1.36. The Morgan fingerprint density at radius 3 is 2.50 bits per heavy atom. The van der Waals surface area contributed by atoms with Crippen LogP contribution >= 0.6 is 0 Å². The normalized spacial score (nSPS) is 12.3. The van der Waals surface area contributed by atoms with Crippen molar-refractivity contribution in [2.45, 2.75) is 25.6 Å². The van der Waals surface area contributed by atoms with Crippen molar-refractivity contribution in [3.05, 3.63) is 29.8 Å². The van der Waals surface area contributed by atoms with Gasteiger partial charge in [0.1, 0.15) is 5.75 Å². The van der Waals surface area contributed by atoms with Gasteiger partial charge in [0, 0.05) is 13.6 Å². The van der Waals surface area contributed by atoms with Crippen LogP contribution in [0, 0.1) is 0 Å². The smallest absolute Gasteiger partial charge is 0.216 e. The average Bonchev–Trinajstić information content (AvgIpc) is 2.17. The van der Waals surface area contributed by atoms with E-state index >= 15 is 0 Å². The van der Waals surface area contributed by atoms with E-state index in [4.69, 9.17) is 0 Å². The standard InChI is InChI=1S/C11H17NO3S/c1-9(2)16(14,15)12(3)8-10-5-4-6-11(13)7-10/h4-7,9,13H,8H2,1-3H3. The maximum atomic E-state index is 11.8. The van der Waals surface area contributed by atoms with Crippen molar-refractivity contribution in [3.63, 3.8) is 0 Å². The molecule has 5 heteroatoms. The Hall–Kier alpha value is -1.07. The van der Waals surface area contributed by atoms with Crippen molar-refractivity contribution < 1.29 is 13.5 Å². The topological polar surface area (TPSA) is 57.6 Å². The molecule has 0 amide bonds.